The highest BCUT2D eigenvalue weighted by Gasteiger charge is 2.32. The van der Waals surface area contributed by atoms with Gasteiger partial charge in [-0.1, -0.05) is 18.2 Å². The summed E-state index contributed by atoms with van der Waals surface area (Å²) in [7, 11) is 1.86. The Morgan fingerprint density at radius 2 is 1.91 bits per heavy atom. The fraction of sp³-hybridized carbons (Fsp3) is 0.417. The summed E-state index contributed by atoms with van der Waals surface area (Å²) >= 11 is 0. The average Bonchev–Trinajstić information content (AvgIpc) is 2.87. The van der Waals surface area contributed by atoms with Gasteiger partial charge in [-0.25, -0.2) is 0 Å². The number of hydrogen-bond acceptors (Lipinski definition) is 4. The highest BCUT2D eigenvalue weighted by atomic mass is 19.4. The number of benzene rings is 2. The molecular weight excluding hydrogens is 437 g/mol. The zero-order valence-corrected chi connectivity index (χ0v) is 18.3. The molecule has 1 amide bonds. The monoisotopic (exact) mass is 464 g/mol. The fourth-order valence-electron chi connectivity index (χ4n) is 3.90. The van der Waals surface area contributed by atoms with Crippen molar-refractivity contribution in [1.82, 2.24) is 10.2 Å². The molecule has 0 aromatic heterocycles. The van der Waals surface area contributed by atoms with E-state index in [9.17, 15) is 27.9 Å². The molecule has 3 rings (SSSR count). The molecule has 1 aliphatic rings. The predicted molar refractivity (Wildman–Crippen MR) is 116 cm³/mol. The molecule has 9 heteroatoms. The van der Waals surface area contributed by atoms with Crippen molar-refractivity contribution in [3.8, 4) is 5.75 Å². The lowest BCUT2D eigenvalue weighted by Crippen LogP contribution is -2.35. The second-order valence-corrected chi connectivity index (χ2v) is 8.12. The highest BCUT2D eigenvalue weighted by Crippen LogP contribution is 2.31. The number of nitrogens with one attached hydrogen (secondary N) is 1. The summed E-state index contributed by atoms with van der Waals surface area (Å²) in [6.07, 6.45) is -3.65. The van der Waals surface area contributed by atoms with Crippen LogP contribution in [0.5, 0.6) is 5.75 Å². The maximum atomic E-state index is 13.2. The second kappa shape index (κ2) is 10.7. The molecule has 0 spiro atoms. The molecule has 2 aromatic rings. The molecule has 1 unspecified atom stereocenters. The number of ether oxygens (including phenoxy) is 1. The molecule has 0 saturated carbocycles. The lowest BCUT2D eigenvalue weighted by atomic mass is 9.94. The number of fused-ring (bicyclic) bond motifs is 1. The number of rotatable bonds is 9. The maximum absolute atomic E-state index is 13.2. The number of carboxylic acid groups (broad SMARTS) is 1. The number of carbonyl (C=O) groups is 2. The Kier molecular flexibility index (Phi) is 7.97. The highest BCUT2D eigenvalue weighted by molar-refractivity contribution is 5.84. The van der Waals surface area contributed by atoms with Gasteiger partial charge >= 0.3 is 12.1 Å². The molecule has 0 fully saturated rings. The van der Waals surface area contributed by atoms with Gasteiger partial charge in [-0.2, -0.15) is 13.2 Å². The van der Waals surface area contributed by atoms with Crippen LogP contribution in [0.3, 0.4) is 0 Å². The van der Waals surface area contributed by atoms with Crippen LogP contribution in [-0.4, -0.2) is 42.1 Å². The van der Waals surface area contributed by atoms with E-state index < -0.39 is 23.6 Å². The number of amides is 1. The topological polar surface area (TPSA) is 78.9 Å². The Bertz CT molecular complexity index is 977. The van der Waals surface area contributed by atoms with Crippen molar-refractivity contribution >= 4 is 11.9 Å². The minimum atomic E-state index is -4.44. The van der Waals surface area contributed by atoms with E-state index in [-0.39, 0.29) is 31.8 Å². The molecular formula is C24H27F3N2O4. The van der Waals surface area contributed by atoms with E-state index in [0.29, 0.717) is 17.9 Å². The van der Waals surface area contributed by atoms with Gasteiger partial charge in [-0.15, -0.1) is 0 Å². The molecule has 2 N–H and O–H groups in total. The number of hydrogen-bond donors (Lipinski definition) is 2. The normalized spacial score (nSPS) is 16.3. The summed E-state index contributed by atoms with van der Waals surface area (Å²) in [6.45, 7) is 1.64. The van der Waals surface area contributed by atoms with E-state index in [1.807, 2.05) is 25.2 Å². The quantitative estimate of drug-likeness (QED) is 0.551. The average molecular weight is 464 g/mol. The van der Waals surface area contributed by atoms with Gasteiger partial charge in [0.15, 0.2) is 0 Å². The smallest absolute Gasteiger partial charge is 0.416 e. The first-order valence-corrected chi connectivity index (χ1v) is 10.7. The van der Waals surface area contributed by atoms with Crippen LogP contribution in [0.25, 0.3) is 0 Å². The second-order valence-electron chi connectivity index (χ2n) is 8.12. The third-order valence-corrected chi connectivity index (χ3v) is 5.58. The summed E-state index contributed by atoms with van der Waals surface area (Å²) in [5.74, 6) is -1.50. The van der Waals surface area contributed by atoms with Crippen LogP contribution in [-0.2, 0) is 35.3 Å². The van der Waals surface area contributed by atoms with E-state index >= 15 is 0 Å². The van der Waals surface area contributed by atoms with Crippen molar-refractivity contribution in [1.29, 1.82) is 0 Å². The molecule has 1 atom stereocenters. The van der Waals surface area contributed by atoms with Crippen LogP contribution in [0.15, 0.2) is 42.5 Å². The van der Waals surface area contributed by atoms with Crippen LogP contribution in [0.2, 0.25) is 0 Å². The van der Waals surface area contributed by atoms with Crippen molar-refractivity contribution < 1.29 is 32.6 Å². The zero-order chi connectivity index (χ0) is 24.0. The molecule has 178 valence electrons. The van der Waals surface area contributed by atoms with Crippen LogP contribution >= 0.6 is 0 Å². The van der Waals surface area contributed by atoms with Gasteiger partial charge in [0.05, 0.1) is 24.5 Å². The van der Waals surface area contributed by atoms with Crippen molar-refractivity contribution in [3.05, 3.63) is 64.7 Å². The Hall–Kier alpha value is -3.07. The third-order valence-electron chi connectivity index (χ3n) is 5.58. The van der Waals surface area contributed by atoms with Crippen LogP contribution in [0, 0.1) is 5.92 Å². The number of carbonyl (C=O) groups excluding carboxylic acids is 1. The van der Waals surface area contributed by atoms with Crippen molar-refractivity contribution in [2.45, 2.75) is 38.5 Å². The first-order chi connectivity index (χ1) is 15.7. The Morgan fingerprint density at radius 3 is 2.55 bits per heavy atom. The number of alkyl halides is 3. The number of aliphatic carboxylic acids is 1. The molecule has 1 heterocycles. The van der Waals surface area contributed by atoms with Crippen LogP contribution < -0.4 is 10.1 Å². The van der Waals surface area contributed by atoms with Gasteiger partial charge in [0.25, 0.3) is 0 Å². The number of halogens is 3. The molecule has 2 aromatic carbocycles. The largest absolute Gasteiger partial charge is 0.494 e. The number of nitrogens with zero attached hydrogens (tertiary/aromatic N) is 1. The molecule has 0 radical (unpaired) electrons. The summed E-state index contributed by atoms with van der Waals surface area (Å²) in [4.78, 5) is 26.0. The van der Waals surface area contributed by atoms with Crippen molar-refractivity contribution in [2.75, 3.05) is 20.2 Å². The number of carboxylic acids is 1. The Labute approximate surface area is 190 Å². The summed E-state index contributed by atoms with van der Waals surface area (Å²) in [5, 5.41) is 12.3. The molecule has 0 bridgehead atoms. The minimum Gasteiger partial charge on any atom is -0.494 e. The van der Waals surface area contributed by atoms with Crippen LogP contribution in [0.4, 0.5) is 13.2 Å². The summed E-state index contributed by atoms with van der Waals surface area (Å²) in [6, 6.07) is 10.2. The van der Waals surface area contributed by atoms with Gasteiger partial charge in [-0.3, -0.25) is 9.59 Å². The predicted octanol–water partition coefficient (Wildman–Crippen LogP) is 3.87. The molecule has 0 saturated heterocycles. The summed E-state index contributed by atoms with van der Waals surface area (Å²) < 4.78 is 44.4. The Balaban J connectivity index is 1.83. The first-order valence-electron chi connectivity index (χ1n) is 10.7. The van der Waals surface area contributed by atoms with E-state index in [4.69, 9.17) is 4.74 Å². The van der Waals surface area contributed by atoms with Gasteiger partial charge in [0.1, 0.15) is 5.75 Å². The van der Waals surface area contributed by atoms with Crippen molar-refractivity contribution in [3.63, 3.8) is 0 Å². The standard InChI is InChI=1S/C24H27F3N2O4/c1-28-9-2-10-33-21-8-5-17-11-18(13-22(30)31)23(32)29(15-19(17)12-21)14-16-3-6-20(7-4-16)24(25,26)27/h3-8,12,18,28H,2,9-11,13-15H2,1H3,(H,30,31). The SMILES string of the molecule is CNCCCOc1ccc2c(c1)CN(Cc1ccc(C(F)(F)F)cc1)C(=O)C(CC(=O)O)C2. The first kappa shape index (κ1) is 24.6. The maximum Gasteiger partial charge on any atom is 0.416 e. The fourth-order valence-corrected chi connectivity index (χ4v) is 3.90. The van der Waals surface area contributed by atoms with Gasteiger partial charge in [-0.05, 0) is 67.4 Å². The molecule has 6 nitrogen and oxygen atoms in total. The van der Waals surface area contributed by atoms with Gasteiger partial charge < -0.3 is 20.1 Å². The van der Waals surface area contributed by atoms with E-state index in [1.165, 1.54) is 17.0 Å². The lowest BCUT2D eigenvalue weighted by Gasteiger charge is -2.24. The third kappa shape index (κ3) is 6.71. The summed E-state index contributed by atoms with van der Waals surface area (Å²) in [5.41, 5.74) is 1.48. The van der Waals surface area contributed by atoms with Gasteiger partial charge in [0.2, 0.25) is 5.91 Å². The lowest BCUT2D eigenvalue weighted by molar-refractivity contribution is -0.144. The van der Waals surface area contributed by atoms with Crippen LogP contribution in [0.1, 0.15) is 35.1 Å². The van der Waals surface area contributed by atoms with Crippen molar-refractivity contribution in [2.24, 2.45) is 5.92 Å². The molecule has 1 aliphatic heterocycles. The van der Waals surface area contributed by atoms with Gasteiger partial charge in [0, 0.05) is 13.1 Å². The van der Waals surface area contributed by atoms with E-state index in [0.717, 1.165) is 36.2 Å². The minimum absolute atomic E-state index is 0.0831. The molecule has 0 aliphatic carbocycles. The van der Waals surface area contributed by atoms with E-state index in [2.05, 4.69) is 5.32 Å². The Morgan fingerprint density at radius 1 is 1.18 bits per heavy atom. The zero-order valence-electron chi connectivity index (χ0n) is 18.3. The molecule has 33 heavy (non-hydrogen) atoms. The van der Waals surface area contributed by atoms with E-state index in [1.54, 1.807) is 0 Å².